The number of nitrogens with one attached hydrogen (secondary N) is 5. The van der Waals surface area contributed by atoms with E-state index in [2.05, 4.69) is 30.6 Å². The Morgan fingerprint density at radius 2 is 1.11 bits per heavy atom. The van der Waals surface area contributed by atoms with Gasteiger partial charge in [-0.15, -0.1) is 0 Å². The zero-order valence-corrected chi connectivity index (χ0v) is 35.0. The average Bonchev–Trinajstić information content (AvgIpc) is 3.09. The van der Waals surface area contributed by atoms with Gasteiger partial charge in [-0.2, -0.15) is 8.42 Å². The fourth-order valence-electron chi connectivity index (χ4n) is 3.37. The van der Waals surface area contributed by atoms with Crippen molar-refractivity contribution in [1.29, 1.82) is 16.2 Å². The number of nitrogens with zero attached hydrogens (tertiary/aromatic N) is 4. The Balaban J connectivity index is 0.000000826. The van der Waals surface area contributed by atoms with Gasteiger partial charge in [-0.1, -0.05) is 59.6 Å². The average molecular weight is 868 g/mol. The zero-order valence-electron chi connectivity index (χ0n) is 31.8. The molecule has 0 atom stereocenters. The number of benzene rings is 2. The number of carbonyl (C=O) groups excluding carboxylic acids is 3. The summed E-state index contributed by atoms with van der Waals surface area (Å²) in [5, 5.41) is 25.9. The van der Waals surface area contributed by atoms with Crippen molar-refractivity contribution in [3.05, 3.63) is 71.8 Å². The van der Waals surface area contributed by atoms with E-state index in [1.807, 2.05) is 26.8 Å². The van der Waals surface area contributed by atoms with Crippen molar-refractivity contribution in [3.8, 4) is 0 Å². The van der Waals surface area contributed by atoms with Gasteiger partial charge in [0.05, 0.1) is 22.1 Å². The minimum Gasteiger partial charge on any atom is -0.426 e. The number of hydrogen-bond acceptors (Lipinski definition) is 18. The highest BCUT2D eigenvalue weighted by Gasteiger charge is 2.18. The van der Waals surface area contributed by atoms with Crippen LogP contribution < -0.4 is 33.6 Å². The Kier molecular flexibility index (Phi) is 22.4. The number of aromatic nitrogens is 4. The van der Waals surface area contributed by atoms with E-state index >= 15 is 0 Å². The topological polar surface area (TPSA) is 386 Å². The van der Waals surface area contributed by atoms with Crippen molar-refractivity contribution in [3.63, 3.8) is 0 Å². The molecule has 21 nitrogen and oxygen atoms in total. The van der Waals surface area contributed by atoms with Gasteiger partial charge in [0.2, 0.25) is 5.91 Å². The van der Waals surface area contributed by atoms with E-state index in [0.29, 0.717) is 22.1 Å². The summed E-state index contributed by atoms with van der Waals surface area (Å²) in [5.74, 6) is -1.47. The maximum absolute atomic E-state index is 12.2. The molecule has 0 aliphatic heterocycles. The summed E-state index contributed by atoms with van der Waals surface area (Å²) in [6, 6.07) is 14.2. The van der Waals surface area contributed by atoms with Crippen molar-refractivity contribution in [2.45, 2.75) is 33.2 Å². The maximum atomic E-state index is 12.2. The minimum absolute atomic E-state index is 0.0226. The van der Waals surface area contributed by atoms with Gasteiger partial charge >= 0.3 is 16.4 Å². The fourth-order valence-corrected chi connectivity index (χ4v) is 3.57. The molecule has 4 rings (SSSR count). The number of fused-ring (bicyclic) bond motifs is 2. The van der Waals surface area contributed by atoms with Gasteiger partial charge in [-0.05, 0) is 70.7 Å². The SMILES string of the molecule is C/C(=C\C(=O)NC(C)(C)C)OC(=O)c1nc2ccccc2nc1N.CSC(=N)N.CSC(=N)N.CSC(=N)NC(=O)c1nc2ccccc2nc1N.O=S(=O)(O)O. The summed E-state index contributed by atoms with van der Waals surface area (Å²) in [7, 11) is -4.67. The number of nitrogen functional groups attached to an aromatic ring is 2. The van der Waals surface area contributed by atoms with Crippen LogP contribution in [0.25, 0.3) is 22.1 Å². The number of carbonyl (C=O) groups is 3. The van der Waals surface area contributed by atoms with Crippen LogP contribution in [0, 0.1) is 16.2 Å². The summed E-state index contributed by atoms with van der Waals surface area (Å²) in [6.45, 7) is 7.06. The van der Waals surface area contributed by atoms with Crippen LogP contribution in [0.2, 0.25) is 0 Å². The third kappa shape index (κ3) is 23.2. The van der Waals surface area contributed by atoms with Gasteiger partial charge in [-0.25, -0.2) is 24.7 Å². The largest absolute Gasteiger partial charge is 0.426 e. The Bertz CT molecular complexity index is 2180. The first-order chi connectivity index (χ1) is 26.3. The molecule has 0 spiro atoms. The molecule has 0 saturated carbocycles. The molecule has 0 aliphatic rings. The molecule has 2 amide bonds. The smallest absolute Gasteiger partial charge is 0.394 e. The Morgan fingerprint density at radius 1 is 0.754 bits per heavy atom. The predicted molar refractivity (Wildman–Crippen MR) is 229 cm³/mol. The third-order valence-electron chi connectivity index (χ3n) is 5.56. The number of ether oxygens (including phenoxy) is 1. The van der Waals surface area contributed by atoms with Crippen molar-refractivity contribution in [1.82, 2.24) is 30.6 Å². The van der Waals surface area contributed by atoms with E-state index in [1.165, 1.54) is 36.5 Å². The Hall–Kier alpha value is -5.60. The van der Waals surface area contributed by atoms with Crippen LogP contribution in [0.3, 0.4) is 0 Å². The number of amides is 2. The number of amidine groups is 3. The number of allylic oxidation sites excluding steroid dienone is 1. The number of nitrogens with two attached hydrogens (primary N) is 4. The first-order valence-electron chi connectivity index (χ1n) is 15.5. The molecule has 25 heteroatoms. The molecule has 57 heavy (non-hydrogen) atoms. The van der Waals surface area contributed by atoms with Crippen LogP contribution in [0.1, 0.15) is 48.7 Å². The van der Waals surface area contributed by atoms with E-state index in [-0.39, 0.29) is 55.7 Å². The molecular formula is C32H45N13O8S4. The third-order valence-corrected chi connectivity index (χ3v) is 6.95. The number of thioether (sulfide) groups is 3. The molecule has 0 aliphatic carbocycles. The highest BCUT2D eigenvalue weighted by Crippen LogP contribution is 2.17. The van der Waals surface area contributed by atoms with E-state index in [9.17, 15) is 14.4 Å². The van der Waals surface area contributed by atoms with Gasteiger partial charge in [-0.3, -0.25) is 34.9 Å². The van der Waals surface area contributed by atoms with Crippen LogP contribution in [0.4, 0.5) is 11.6 Å². The first-order valence-corrected chi connectivity index (χ1v) is 20.6. The number of para-hydroxylation sites is 4. The lowest BCUT2D eigenvalue weighted by molar-refractivity contribution is -0.118. The van der Waals surface area contributed by atoms with E-state index in [1.54, 1.807) is 61.2 Å². The first kappa shape index (κ1) is 51.4. The maximum Gasteiger partial charge on any atom is 0.394 e. The van der Waals surface area contributed by atoms with Gasteiger partial charge in [0.25, 0.3) is 5.91 Å². The summed E-state index contributed by atoms with van der Waals surface area (Å²) in [4.78, 5) is 52.4. The summed E-state index contributed by atoms with van der Waals surface area (Å²) < 4.78 is 36.7. The van der Waals surface area contributed by atoms with Crippen molar-refractivity contribution < 1.29 is 36.6 Å². The van der Waals surface area contributed by atoms with Crippen molar-refractivity contribution in [2.24, 2.45) is 11.5 Å². The predicted octanol–water partition coefficient (Wildman–Crippen LogP) is 3.26. The molecule has 2 aromatic carbocycles. The molecule has 2 heterocycles. The minimum atomic E-state index is -4.67. The summed E-state index contributed by atoms with van der Waals surface area (Å²) >= 11 is 3.60. The lowest BCUT2D eigenvalue weighted by atomic mass is 10.1. The summed E-state index contributed by atoms with van der Waals surface area (Å²) in [6.07, 6.45) is 6.43. The highest BCUT2D eigenvalue weighted by molar-refractivity contribution is 8.13. The fraction of sp³-hybridized carbons (Fsp3) is 0.250. The molecule has 0 bridgehead atoms. The molecule has 0 unspecified atom stereocenters. The van der Waals surface area contributed by atoms with E-state index in [0.717, 1.165) is 11.8 Å². The lowest BCUT2D eigenvalue weighted by Crippen LogP contribution is -2.39. The number of esters is 1. The molecule has 0 fully saturated rings. The van der Waals surface area contributed by atoms with Crippen LogP contribution in [0.15, 0.2) is 60.4 Å². The second kappa shape index (κ2) is 24.8. The van der Waals surface area contributed by atoms with Gasteiger partial charge < -0.3 is 38.3 Å². The van der Waals surface area contributed by atoms with E-state index in [4.69, 9.17) is 61.4 Å². The van der Waals surface area contributed by atoms with E-state index < -0.39 is 22.3 Å². The number of anilines is 2. The normalized spacial score (nSPS) is 10.6. The van der Waals surface area contributed by atoms with Gasteiger partial charge in [0, 0.05) is 11.6 Å². The van der Waals surface area contributed by atoms with Crippen LogP contribution in [-0.2, 0) is 19.9 Å². The standard InChI is InChI=1S/C17H20N4O3.C11H11N5OS.2C2H6N2S.H2O4S/c1-10(9-13(22)21-17(2,3)4)24-16(23)14-15(18)20-12-8-6-5-7-11(12)19-14;1-18-11(13)16-10(17)8-9(12)15-7-5-3-2-4-6(7)14-8;2*1-5-2(3)4;1-5(2,3)4/h5-9H,1-4H3,(H2,18,20)(H,21,22);2-5H,1H3,(H2,12,15)(H2,13,16,17);2*1H3,(H3,3,4);(H2,1,2,3,4)/b10-9+;;;;. The molecular weight excluding hydrogens is 823 g/mol. The number of rotatable bonds is 4. The molecule has 4 aromatic rings. The van der Waals surface area contributed by atoms with Gasteiger partial charge in [0.15, 0.2) is 38.5 Å². The summed E-state index contributed by atoms with van der Waals surface area (Å²) in [5.41, 5.74) is 23.1. The Labute approximate surface area is 341 Å². The zero-order chi connectivity index (χ0) is 44.1. The van der Waals surface area contributed by atoms with Crippen LogP contribution in [-0.4, -0.2) is 95.1 Å². The monoisotopic (exact) mass is 867 g/mol. The van der Waals surface area contributed by atoms with Crippen LogP contribution in [0.5, 0.6) is 0 Å². The number of hydrogen-bond donors (Lipinski definition) is 11. The molecule has 15 N–H and O–H groups in total. The molecule has 2 aromatic heterocycles. The van der Waals surface area contributed by atoms with Crippen LogP contribution >= 0.6 is 35.3 Å². The lowest BCUT2D eigenvalue weighted by Gasteiger charge is -2.19. The molecule has 0 radical (unpaired) electrons. The van der Waals surface area contributed by atoms with Gasteiger partial charge in [0.1, 0.15) is 5.76 Å². The van der Waals surface area contributed by atoms with Crippen molar-refractivity contribution in [2.75, 3.05) is 30.2 Å². The molecule has 0 saturated heterocycles. The second-order valence-corrected chi connectivity index (χ2v) is 14.8. The Morgan fingerprint density at radius 3 is 1.46 bits per heavy atom. The quantitative estimate of drug-likeness (QED) is 0.0350. The molecule has 310 valence electrons. The second-order valence-electron chi connectivity index (χ2n) is 11.3. The van der Waals surface area contributed by atoms with Crippen molar-refractivity contribution >= 4 is 113 Å². The highest BCUT2D eigenvalue weighted by atomic mass is 32.3.